The van der Waals surface area contributed by atoms with Gasteiger partial charge in [-0.1, -0.05) is 23.4 Å². The monoisotopic (exact) mass is 440 g/mol. The van der Waals surface area contributed by atoms with Gasteiger partial charge >= 0.3 is 0 Å². The Balaban J connectivity index is 1.85. The van der Waals surface area contributed by atoms with Crippen LogP contribution in [-0.2, 0) is 6.61 Å². The van der Waals surface area contributed by atoms with Gasteiger partial charge < -0.3 is 21.5 Å². The number of rotatable bonds is 6. The molecule has 0 aliphatic carbocycles. The number of aliphatic hydroxyl groups is 1. The topological polar surface area (TPSA) is 114 Å². The first kappa shape index (κ1) is 22.0. The maximum atomic E-state index is 13.7. The molecule has 29 heavy (non-hydrogen) atoms. The zero-order valence-corrected chi connectivity index (χ0v) is 18.1. The third-order valence-electron chi connectivity index (χ3n) is 5.61. The van der Waals surface area contributed by atoms with Gasteiger partial charge in [0.1, 0.15) is 16.5 Å². The van der Waals surface area contributed by atoms with Crippen molar-refractivity contribution >= 4 is 35.0 Å². The molecule has 1 atom stereocenters. The van der Waals surface area contributed by atoms with Crippen LogP contribution in [0.3, 0.4) is 0 Å². The molecule has 2 aromatic rings. The number of hydrogen-bond acceptors (Lipinski definition) is 8. The van der Waals surface area contributed by atoms with Crippen molar-refractivity contribution in [1.29, 1.82) is 0 Å². The molecule has 10 heteroatoms. The molecule has 5 N–H and O–H groups in total. The number of hydrogen-bond donors (Lipinski definition) is 3. The Morgan fingerprint density at radius 3 is 2.66 bits per heavy atom. The van der Waals surface area contributed by atoms with E-state index in [1.807, 2.05) is 18.7 Å². The van der Waals surface area contributed by atoms with Crippen LogP contribution in [0.1, 0.15) is 31.2 Å². The Labute approximate surface area is 179 Å². The minimum absolute atomic E-state index is 0.212. The molecule has 3 rings (SSSR count). The number of aryl methyl sites for hydroxylation is 1. The Morgan fingerprint density at radius 1 is 1.38 bits per heavy atom. The van der Waals surface area contributed by atoms with Crippen LogP contribution in [0.15, 0.2) is 22.2 Å². The van der Waals surface area contributed by atoms with E-state index >= 15 is 0 Å². The van der Waals surface area contributed by atoms with Crippen molar-refractivity contribution in [3.8, 4) is 0 Å². The van der Waals surface area contributed by atoms with Crippen LogP contribution < -0.4 is 16.4 Å². The summed E-state index contributed by atoms with van der Waals surface area (Å²) in [6.07, 6.45) is 2.85. The Hall–Kier alpha value is -1.68. The highest BCUT2D eigenvalue weighted by Crippen LogP contribution is 2.39. The van der Waals surface area contributed by atoms with Crippen LogP contribution in [0.4, 0.5) is 16.0 Å². The molecule has 1 saturated heterocycles. The van der Waals surface area contributed by atoms with Crippen molar-refractivity contribution in [2.45, 2.75) is 49.3 Å². The first-order valence-corrected chi connectivity index (χ1v) is 10.6. The van der Waals surface area contributed by atoms with Crippen LogP contribution in [0.2, 0.25) is 5.02 Å². The summed E-state index contributed by atoms with van der Waals surface area (Å²) in [5.74, 6) is 0.881. The highest BCUT2D eigenvalue weighted by Gasteiger charge is 2.39. The Kier molecular flexibility index (Phi) is 6.83. The SMILES string of the molecule is Cc1nc(N2CCC(CF)([C@@H](C)N)CC2)c(CO)nc1Sc1ccnc(N)c1Cl. The fourth-order valence-electron chi connectivity index (χ4n) is 3.48. The van der Waals surface area contributed by atoms with Gasteiger partial charge in [-0.2, -0.15) is 0 Å². The summed E-state index contributed by atoms with van der Waals surface area (Å²) in [6, 6.07) is 1.54. The van der Waals surface area contributed by atoms with Crippen LogP contribution >= 0.6 is 23.4 Å². The molecule has 0 bridgehead atoms. The number of nitrogen functional groups attached to an aromatic ring is 1. The third kappa shape index (κ3) is 4.42. The Bertz CT molecular complexity index is 876. The lowest BCUT2D eigenvalue weighted by molar-refractivity contribution is 0.128. The summed E-state index contributed by atoms with van der Waals surface area (Å²) in [5, 5.41) is 10.9. The van der Waals surface area contributed by atoms with E-state index in [4.69, 9.17) is 28.1 Å². The second kappa shape index (κ2) is 8.99. The highest BCUT2D eigenvalue weighted by molar-refractivity contribution is 7.99. The third-order valence-corrected chi connectivity index (χ3v) is 7.26. The van der Waals surface area contributed by atoms with Crippen LogP contribution in [0.25, 0.3) is 0 Å². The maximum Gasteiger partial charge on any atom is 0.153 e. The lowest BCUT2D eigenvalue weighted by Crippen LogP contribution is -2.50. The summed E-state index contributed by atoms with van der Waals surface area (Å²) in [7, 11) is 0. The number of piperidine rings is 1. The van der Waals surface area contributed by atoms with Crippen LogP contribution in [0.5, 0.6) is 0 Å². The van der Waals surface area contributed by atoms with Gasteiger partial charge in [-0.05, 0) is 32.8 Å². The van der Waals surface area contributed by atoms with Gasteiger partial charge in [0.05, 0.1) is 24.0 Å². The van der Waals surface area contributed by atoms with E-state index in [1.165, 1.54) is 11.8 Å². The number of pyridine rings is 1. The van der Waals surface area contributed by atoms with E-state index < -0.39 is 12.1 Å². The van der Waals surface area contributed by atoms with Crippen LogP contribution in [-0.4, -0.2) is 45.9 Å². The van der Waals surface area contributed by atoms with Gasteiger partial charge in [0.15, 0.2) is 5.82 Å². The molecule has 0 aromatic carbocycles. The second-order valence-electron chi connectivity index (χ2n) is 7.42. The molecule has 0 spiro atoms. The molecule has 1 aliphatic heterocycles. The van der Waals surface area contributed by atoms with Crippen molar-refractivity contribution in [2.75, 3.05) is 30.4 Å². The lowest BCUT2D eigenvalue weighted by Gasteiger charge is -2.43. The molecule has 158 valence electrons. The lowest BCUT2D eigenvalue weighted by atomic mass is 9.74. The predicted molar refractivity (Wildman–Crippen MR) is 114 cm³/mol. The number of halogens is 2. The van der Waals surface area contributed by atoms with Gasteiger partial charge in [-0.15, -0.1) is 0 Å². The van der Waals surface area contributed by atoms with Gasteiger partial charge in [0.2, 0.25) is 0 Å². The zero-order valence-electron chi connectivity index (χ0n) is 16.5. The molecule has 3 heterocycles. The van der Waals surface area contributed by atoms with E-state index in [0.717, 1.165) is 4.90 Å². The molecular weight excluding hydrogens is 415 g/mol. The standard InChI is InChI=1S/C19H26ClFN6OS/c1-11-18(29-14-3-6-24-16(23)15(14)20)26-13(9-28)17(25-11)27-7-4-19(10-21,5-8-27)12(2)22/h3,6,12,28H,4-5,7-10,22H2,1-2H3,(H2,23,24)/t12-/m1/s1. The van der Waals surface area contributed by atoms with Crippen molar-refractivity contribution in [1.82, 2.24) is 15.0 Å². The average molecular weight is 441 g/mol. The largest absolute Gasteiger partial charge is 0.390 e. The smallest absolute Gasteiger partial charge is 0.153 e. The molecule has 0 unspecified atom stereocenters. The summed E-state index contributed by atoms with van der Waals surface area (Å²) < 4.78 is 13.7. The van der Waals surface area contributed by atoms with Crippen molar-refractivity contribution < 1.29 is 9.50 Å². The zero-order chi connectivity index (χ0) is 21.2. The molecule has 0 saturated carbocycles. The van der Waals surface area contributed by atoms with Crippen molar-refractivity contribution in [3.63, 3.8) is 0 Å². The summed E-state index contributed by atoms with van der Waals surface area (Å²) in [6.45, 7) is 4.27. The molecular formula is C19H26ClFN6OS. The predicted octanol–water partition coefficient (Wildman–Crippen LogP) is 2.96. The van der Waals surface area contributed by atoms with Crippen molar-refractivity contribution in [3.05, 3.63) is 28.7 Å². The van der Waals surface area contributed by atoms with E-state index in [9.17, 15) is 9.50 Å². The molecule has 1 fully saturated rings. The molecule has 0 radical (unpaired) electrons. The summed E-state index contributed by atoms with van der Waals surface area (Å²) in [5.41, 5.74) is 12.5. The van der Waals surface area contributed by atoms with E-state index in [-0.39, 0.29) is 18.5 Å². The van der Waals surface area contributed by atoms with Crippen molar-refractivity contribution in [2.24, 2.45) is 11.1 Å². The number of aliphatic hydroxyl groups excluding tert-OH is 1. The molecule has 2 aromatic heterocycles. The fourth-order valence-corrected chi connectivity index (χ4v) is 4.59. The average Bonchev–Trinajstić information content (AvgIpc) is 2.72. The highest BCUT2D eigenvalue weighted by atomic mass is 35.5. The summed E-state index contributed by atoms with van der Waals surface area (Å²) in [4.78, 5) is 16.0. The number of anilines is 2. The van der Waals surface area contributed by atoms with Gasteiger partial charge in [-0.25, -0.2) is 15.0 Å². The molecule has 1 aliphatic rings. The molecule has 7 nitrogen and oxygen atoms in total. The van der Waals surface area contributed by atoms with E-state index in [2.05, 4.69) is 9.97 Å². The quantitative estimate of drug-likeness (QED) is 0.628. The normalized spacial score (nSPS) is 17.4. The van der Waals surface area contributed by atoms with Crippen LogP contribution in [0, 0.1) is 12.3 Å². The minimum Gasteiger partial charge on any atom is -0.390 e. The number of nitrogens with two attached hydrogens (primary N) is 2. The first-order chi connectivity index (χ1) is 13.8. The van der Waals surface area contributed by atoms with Gasteiger partial charge in [-0.3, -0.25) is 4.39 Å². The van der Waals surface area contributed by atoms with E-state index in [0.29, 0.717) is 53.2 Å². The van der Waals surface area contributed by atoms with E-state index in [1.54, 1.807) is 12.3 Å². The van der Waals surface area contributed by atoms with Gasteiger partial charge in [0.25, 0.3) is 0 Å². The van der Waals surface area contributed by atoms with Gasteiger partial charge in [0, 0.05) is 35.6 Å². The minimum atomic E-state index is -0.494. The Morgan fingerprint density at radius 2 is 2.07 bits per heavy atom. The number of alkyl halides is 1. The number of nitrogens with zero attached hydrogens (tertiary/aromatic N) is 4. The molecule has 0 amide bonds. The maximum absolute atomic E-state index is 13.7. The summed E-state index contributed by atoms with van der Waals surface area (Å²) >= 11 is 7.56. The second-order valence-corrected chi connectivity index (χ2v) is 8.83. The first-order valence-electron chi connectivity index (χ1n) is 9.44. The fraction of sp³-hybridized carbons (Fsp3) is 0.526. The number of aromatic nitrogens is 3.